The Morgan fingerprint density at radius 2 is 1.54 bits per heavy atom. The van der Waals surface area contributed by atoms with Gasteiger partial charge in [-0.1, -0.05) is 6.07 Å². The molecule has 6 N–H and O–H groups in total. The molecule has 1 aliphatic heterocycles. The Balaban J connectivity index is 1.23. The summed E-state index contributed by atoms with van der Waals surface area (Å²) in [7, 11) is 0. The van der Waals surface area contributed by atoms with Gasteiger partial charge in [0.15, 0.2) is 0 Å². The van der Waals surface area contributed by atoms with Gasteiger partial charge in [0.05, 0.1) is 5.56 Å². The van der Waals surface area contributed by atoms with Crippen molar-refractivity contribution in [3.05, 3.63) is 88.7 Å². The number of carbonyl (C=O) groups is 5. The quantitative estimate of drug-likeness (QED) is 0.153. The van der Waals surface area contributed by atoms with Crippen molar-refractivity contribution in [2.24, 2.45) is 5.41 Å². The average molecular weight is 629 g/mol. The lowest BCUT2D eigenvalue weighted by molar-refractivity contribution is -0.136. The van der Waals surface area contributed by atoms with E-state index in [-0.39, 0.29) is 34.9 Å². The molecule has 2 aliphatic rings. The van der Waals surface area contributed by atoms with Crippen molar-refractivity contribution < 1.29 is 37.9 Å². The van der Waals surface area contributed by atoms with E-state index in [0.29, 0.717) is 40.9 Å². The number of fused-ring (bicyclic) bond motifs is 1. The van der Waals surface area contributed by atoms with E-state index in [1.165, 1.54) is 36.4 Å². The zero-order chi connectivity index (χ0) is 32.7. The first-order chi connectivity index (χ1) is 22.0. The number of carbonyl (C=O) groups excluding carboxylic acids is 4. The van der Waals surface area contributed by atoms with Gasteiger partial charge in [-0.15, -0.1) is 0 Å². The van der Waals surface area contributed by atoms with Crippen LogP contribution in [0.4, 0.5) is 20.2 Å². The molecule has 2 heterocycles. The zero-order valence-electron chi connectivity index (χ0n) is 24.2. The lowest BCUT2D eigenvalue weighted by Crippen LogP contribution is -2.35. The number of amides is 4. The molecule has 4 amide bonds. The second kappa shape index (κ2) is 11.5. The van der Waals surface area contributed by atoms with Crippen molar-refractivity contribution in [3.8, 4) is 22.5 Å². The zero-order valence-corrected chi connectivity index (χ0v) is 24.2. The molecule has 0 unspecified atom stereocenters. The molecule has 0 saturated heterocycles. The largest absolute Gasteiger partial charge is 0.480 e. The monoisotopic (exact) mass is 628 g/mol. The van der Waals surface area contributed by atoms with E-state index in [2.05, 4.69) is 31.2 Å². The highest BCUT2D eigenvalue weighted by Crippen LogP contribution is 2.47. The predicted octanol–water partition coefficient (Wildman–Crippen LogP) is 3.75. The molecular weight excluding hydrogens is 602 g/mol. The van der Waals surface area contributed by atoms with Crippen molar-refractivity contribution in [2.45, 2.75) is 26.3 Å². The number of aromatic nitrogens is 2. The highest BCUT2D eigenvalue weighted by Gasteiger charge is 2.56. The van der Waals surface area contributed by atoms with Crippen LogP contribution in [0.25, 0.3) is 22.5 Å². The molecule has 0 spiro atoms. The molecule has 0 atom stereocenters. The van der Waals surface area contributed by atoms with E-state index in [0.717, 1.165) is 6.07 Å². The molecular formula is C32H26F2N6O6. The van der Waals surface area contributed by atoms with E-state index in [9.17, 15) is 28.4 Å². The molecule has 1 aromatic heterocycles. The molecule has 1 saturated carbocycles. The van der Waals surface area contributed by atoms with Crippen molar-refractivity contribution >= 4 is 41.0 Å². The summed E-state index contributed by atoms with van der Waals surface area (Å²) >= 11 is 0. The van der Waals surface area contributed by atoms with Gasteiger partial charge in [-0.2, -0.15) is 0 Å². The second-order valence-corrected chi connectivity index (χ2v) is 11.0. The molecule has 4 aromatic rings. The van der Waals surface area contributed by atoms with E-state index >= 15 is 4.39 Å². The van der Waals surface area contributed by atoms with Crippen molar-refractivity contribution in [1.29, 1.82) is 0 Å². The lowest BCUT2D eigenvalue weighted by atomic mass is 9.92. The Morgan fingerprint density at radius 3 is 2.20 bits per heavy atom. The minimum Gasteiger partial charge on any atom is -0.480 e. The maximum Gasteiger partial charge on any atom is 0.322 e. The Morgan fingerprint density at radius 1 is 0.913 bits per heavy atom. The van der Waals surface area contributed by atoms with Crippen LogP contribution in [-0.2, 0) is 20.9 Å². The van der Waals surface area contributed by atoms with Crippen LogP contribution in [0.5, 0.6) is 0 Å². The summed E-state index contributed by atoms with van der Waals surface area (Å²) < 4.78 is 28.8. The first-order valence-corrected chi connectivity index (χ1v) is 14.2. The number of hydrogen-bond donors (Lipinski definition) is 6. The van der Waals surface area contributed by atoms with Crippen LogP contribution in [0.3, 0.4) is 0 Å². The Bertz CT molecular complexity index is 1950. The third-order valence-corrected chi connectivity index (χ3v) is 7.96. The third kappa shape index (κ3) is 5.56. The van der Waals surface area contributed by atoms with E-state index in [4.69, 9.17) is 5.11 Å². The molecule has 234 valence electrons. The molecule has 0 bridgehead atoms. The smallest absolute Gasteiger partial charge is 0.322 e. The molecule has 3 aromatic carbocycles. The van der Waals surface area contributed by atoms with Crippen LogP contribution in [0.15, 0.2) is 54.6 Å². The topological polar surface area (TPSA) is 182 Å². The fourth-order valence-electron chi connectivity index (χ4n) is 5.37. The second-order valence-electron chi connectivity index (χ2n) is 11.0. The van der Waals surface area contributed by atoms with Gasteiger partial charge in [0.1, 0.15) is 35.1 Å². The Labute approximate surface area is 259 Å². The Hall–Kier alpha value is -5.92. The van der Waals surface area contributed by atoms with Gasteiger partial charge in [-0.25, -0.2) is 13.8 Å². The molecule has 1 aliphatic carbocycles. The van der Waals surface area contributed by atoms with Gasteiger partial charge in [0.25, 0.3) is 11.8 Å². The number of H-pyrrole nitrogens is 1. The number of benzene rings is 3. The molecule has 14 heteroatoms. The number of aliphatic carboxylic acids is 1. The molecule has 1 fully saturated rings. The standard InChI is InChI=1S/C32H26F2N6O6/c1-15-26(29(44)36-14-24(41)42)40-27(37-15)21-9-8-19(22-13-35-28(43)25(21)22)20-7-6-18(12-23(20)34)39-31(46)32(10-11-32)30(45)38-17-4-2-16(33)3-5-17/h2-9,12H,10-11,13-14H2,1H3,(H,35,43)(H,36,44)(H,37,40)(H,38,45)(H,39,46)(H,41,42). The highest BCUT2D eigenvalue weighted by atomic mass is 19.1. The van der Waals surface area contributed by atoms with Gasteiger partial charge < -0.3 is 31.4 Å². The van der Waals surface area contributed by atoms with Crippen molar-refractivity contribution in [3.63, 3.8) is 0 Å². The minimum absolute atomic E-state index is 0.0305. The first-order valence-electron chi connectivity index (χ1n) is 14.2. The molecule has 46 heavy (non-hydrogen) atoms. The van der Waals surface area contributed by atoms with E-state index < -0.39 is 53.2 Å². The normalized spacial score (nSPS) is 14.2. The summed E-state index contributed by atoms with van der Waals surface area (Å²) in [6.07, 6.45) is 0.602. The number of halogens is 2. The average Bonchev–Trinajstić information content (AvgIpc) is 3.63. The maximum absolute atomic E-state index is 15.6. The van der Waals surface area contributed by atoms with Gasteiger partial charge in [-0.05, 0) is 79.4 Å². The predicted molar refractivity (Wildman–Crippen MR) is 161 cm³/mol. The van der Waals surface area contributed by atoms with Gasteiger partial charge in [-0.3, -0.25) is 24.0 Å². The van der Waals surface area contributed by atoms with Crippen LogP contribution >= 0.6 is 0 Å². The minimum atomic E-state index is -1.33. The van der Waals surface area contributed by atoms with E-state index in [1.54, 1.807) is 19.1 Å². The molecule has 0 radical (unpaired) electrons. The van der Waals surface area contributed by atoms with Crippen LogP contribution in [0, 0.1) is 24.0 Å². The fraction of sp³-hybridized carbons (Fsp3) is 0.188. The van der Waals surface area contributed by atoms with Gasteiger partial charge in [0.2, 0.25) is 11.8 Å². The van der Waals surface area contributed by atoms with Gasteiger partial charge in [0, 0.05) is 34.7 Å². The SMILES string of the molecule is Cc1[nH]c(-c2ccc(-c3ccc(NC(=O)C4(C(=O)Nc5ccc(F)cc5)CC4)cc3F)c3c2C(=O)NC3)nc1C(=O)NCC(=O)O. The Kier molecular flexibility index (Phi) is 7.56. The van der Waals surface area contributed by atoms with E-state index in [1.807, 2.05) is 0 Å². The summed E-state index contributed by atoms with van der Waals surface area (Å²) in [6, 6.07) is 12.4. The third-order valence-electron chi connectivity index (χ3n) is 7.96. The van der Waals surface area contributed by atoms with Crippen molar-refractivity contribution in [2.75, 3.05) is 17.2 Å². The number of nitrogens with zero attached hydrogens (tertiary/aromatic N) is 1. The van der Waals surface area contributed by atoms with Crippen LogP contribution < -0.4 is 21.3 Å². The number of nitrogens with one attached hydrogen (secondary N) is 5. The number of anilines is 2. The number of rotatable bonds is 9. The number of imidazole rings is 1. The lowest BCUT2D eigenvalue weighted by Gasteiger charge is -2.16. The van der Waals surface area contributed by atoms with Crippen LogP contribution in [-0.4, -0.2) is 51.2 Å². The molecule has 12 nitrogen and oxygen atoms in total. The first kappa shape index (κ1) is 30.1. The summed E-state index contributed by atoms with van der Waals surface area (Å²) in [4.78, 5) is 69.4. The van der Waals surface area contributed by atoms with Crippen LogP contribution in [0.2, 0.25) is 0 Å². The number of hydrogen-bond acceptors (Lipinski definition) is 6. The summed E-state index contributed by atoms with van der Waals surface area (Å²) in [5, 5.41) is 19.1. The number of carboxylic acids is 1. The summed E-state index contributed by atoms with van der Waals surface area (Å²) in [5.41, 5.74) is 1.17. The van der Waals surface area contributed by atoms with Gasteiger partial charge >= 0.3 is 5.97 Å². The summed E-state index contributed by atoms with van der Waals surface area (Å²) in [6.45, 7) is 1.10. The number of aromatic amines is 1. The van der Waals surface area contributed by atoms with Crippen LogP contribution in [0.1, 0.15) is 44.9 Å². The summed E-state index contributed by atoms with van der Waals surface area (Å²) in [5.74, 6) is -4.41. The maximum atomic E-state index is 15.6. The van der Waals surface area contributed by atoms with Crippen molar-refractivity contribution in [1.82, 2.24) is 20.6 Å². The highest BCUT2D eigenvalue weighted by molar-refractivity contribution is 6.17. The number of carboxylic acid groups (broad SMARTS) is 1. The fourth-order valence-corrected chi connectivity index (χ4v) is 5.37. The number of aryl methyl sites for hydroxylation is 1. The molecule has 6 rings (SSSR count).